The third kappa shape index (κ3) is 3.44. The highest BCUT2D eigenvalue weighted by molar-refractivity contribution is 9.09. The average Bonchev–Trinajstić information content (AvgIpc) is 2.77. The molecule has 0 spiro atoms. The molecule has 18 heavy (non-hydrogen) atoms. The summed E-state index contributed by atoms with van der Waals surface area (Å²) in [6, 6.07) is 2.80. The molecule has 1 saturated heterocycles. The lowest BCUT2D eigenvalue weighted by Gasteiger charge is -2.26. The van der Waals surface area contributed by atoms with E-state index >= 15 is 0 Å². The van der Waals surface area contributed by atoms with Crippen molar-refractivity contribution < 1.29 is 0 Å². The molecule has 2 unspecified atom stereocenters. The van der Waals surface area contributed by atoms with Crippen molar-refractivity contribution in [1.29, 1.82) is 0 Å². The first-order valence-electron chi connectivity index (χ1n) is 6.92. The van der Waals surface area contributed by atoms with Crippen LogP contribution in [0.2, 0.25) is 0 Å². The zero-order valence-corrected chi connectivity index (χ0v) is 12.9. The van der Waals surface area contributed by atoms with Crippen LogP contribution in [0, 0.1) is 0 Å². The van der Waals surface area contributed by atoms with Crippen LogP contribution in [0.1, 0.15) is 45.2 Å². The van der Waals surface area contributed by atoms with Crippen molar-refractivity contribution in [2.75, 3.05) is 11.4 Å². The van der Waals surface area contributed by atoms with Gasteiger partial charge in [0.25, 0.3) is 0 Å². The van der Waals surface area contributed by atoms with Crippen LogP contribution in [-0.2, 0) is 6.42 Å². The average molecular weight is 312 g/mol. The van der Waals surface area contributed by atoms with Crippen LogP contribution < -0.4 is 4.90 Å². The molecule has 2 rings (SSSR count). The van der Waals surface area contributed by atoms with Crippen LogP contribution in [0.5, 0.6) is 0 Å². The minimum absolute atomic E-state index is 0.569. The second-order valence-electron chi connectivity index (χ2n) is 5.12. The highest BCUT2D eigenvalue weighted by Gasteiger charge is 2.26. The van der Waals surface area contributed by atoms with Crippen LogP contribution in [0.4, 0.5) is 5.82 Å². The third-order valence-corrected chi connectivity index (χ3v) is 3.86. The molecule has 1 fully saturated rings. The minimum atomic E-state index is 0.569. The van der Waals surface area contributed by atoms with Crippen molar-refractivity contribution in [3.05, 3.63) is 18.1 Å². The SMILES string of the molecule is CCCc1cc(N2CCCC2CC(C)Br)ncn1. The van der Waals surface area contributed by atoms with E-state index in [9.17, 15) is 0 Å². The van der Waals surface area contributed by atoms with Crippen molar-refractivity contribution in [3.8, 4) is 0 Å². The monoisotopic (exact) mass is 311 g/mol. The molecule has 2 atom stereocenters. The number of nitrogens with zero attached hydrogens (tertiary/aromatic N) is 3. The first kappa shape index (κ1) is 13.8. The molecule has 0 saturated carbocycles. The van der Waals surface area contributed by atoms with Gasteiger partial charge in [0.1, 0.15) is 12.1 Å². The van der Waals surface area contributed by atoms with Gasteiger partial charge in [-0.25, -0.2) is 9.97 Å². The smallest absolute Gasteiger partial charge is 0.132 e. The van der Waals surface area contributed by atoms with Crippen molar-refractivity contribution in [3.63, 3.8) is 0 Å². The van der Waals surface area contributed by atoms with Gasteiger partial charge in [-0.2, -0.15) is 0 Å². The quantitative estimate of drug-likeness (QED) is 0.778. The van der Waals surface area contributed by atoms with Crippen LogP contribution >= 0.6 is 15.9 Å². The van der Waals surface area contributed by atoms with Gasteiger partial charge in [-0.15, -0.1) is 0 Å². The molecule has 0 aliphatic carbocycles. The summed E-state index contributed by atoms with van der Waals surface area (Å²) in [5.74, 6) is 1.11. The number of anilines is 1. The van der Waals surface area contributed by atoms with Crippen LogP contribution in [0.3, 0.4) is 0 Å². The van der Waals surface area contributed by atoms with Gasteiger partial charge in [-0.05, 0) is 25.7 Å². The molecule has 1 aromatic rings. The summed E-state index contributed by atoms with van der Waals surface area (Å²) >= 11 is 3.66. The molecule has 0 aromatic carbocycles. The number of hydrogen-bond donors (Lipinski definition) is 0. The van der Waals surface area contributed by atoms with Gasteiger partial charge < -0.3 is 4.90 Å². The number of aromatic nitrogens is 2. The predicted octanol–water partition coefficient (Wildman–Crippen LogP) is 3.57. The van der Waals surface area contributed by atoms with Gasteiger partial charge in [0.15, 0.2) is 0 Å². The second-order valence-corrected chi connectivity index (χ2v) is 6.69. The molecule has 0 radical (unpaired) electrons. The molecule has 1 aromatic heterocycles. The molecule has 4 heteroatoms. The summed E-state index contributed by atoms with van der Waals surface area (Å²) < 4.78 is 0. The van der Waals surface area contributed by atoms with E-state index in [0.29, 0.717) is 10.9 Å². The number of rotatable bonds is 5. The van der Waals surface area contributed by atoms with E-state index in [4.69, 9.17) is 0 Å². The lowest BCUT2D eigenvalue weighted by atomic mass is 10.1. The fraction of sp³-hybridized carbons (Fsp3) is 0.714. The number of alkyl halides is 1. The Kier molecular flexibility index (Phi) is 4.98. The Labute approximate surface area is 118 Å². The summed E-state index contributed by atoms with van der Waals surface area (Å²) in [6.07, 6.45) is 7.64. The lowest BCUT2D eigenvalue weighted by molar-refractivity contribution is 0.607. The number of aryl methyl sites for hydroxylation is 1. The van der Waals surface area contributed by atoms with E-state index < -0.39 is 0 Å². The molecule has 0 bridgehead atoms. The number of halogens is 1. The Hall–Kier alpha value is -0.640. The zero-order chi connectivity index (χ0) is 13.0. The summed E-state index contributed by atoms with van der Waals surface area (Å²) in [5, 5.41) is 0. The standard InChI is InChI=1S/C14H22BrN3/c1-3-5-12-9-14(17-10-16-12)18-7-4-6-13(18)8-11(2)15/h9-11,13H,3-8H2,1-2H3. The Bertz CT molecular complexity index is 381. The summed E-state index contributed by atoms with van der Waals surface area (Å²) in [6.45, 7) is 5.54. The van der Waals surface area contributed by atoms with Crippen LogP contribution in [0.15, 0.2) is 12.4 Å². The lowest BCUT2D eigenvalue weighted by Crippen LogP contribution is -2.31. The number of hydrogen-bond acceptors (Lipinski definition) is 3. The van der Waals surface area contributed by atoms with Gasteiger partial charge >= 0.3 is 0 Å². The molecule has 1 aliphatic heterocycles. The van der Waals surface area contributed by atoms with Gasteiger partial charge in [0.2, 0.25) is 0 Å². The van der Waals surface area contributed by atoms with Crippen molar-refractivity contribution >= 4 is 21.7 Å². The Balaban J connectivity index is 2.11. The first-order chi connectivity index (χ1) is 8.70. The van der Waals surface area contributed by atoms with Crippen molar-refractivity contribution in [2.45, 2.75) is 56.8 Å². The molecule has 3 nitrogen and oxygen atoms in total. The second kappa shape index (κ2) is 6.50. The topological polar surface area (TPSA) is 29.0 Å². The maximum atomic E-state index is 4.46. The van der Waals surface area contributed by atoms with Crippen molar-refractivity contribution in [2.24, 2.45) is 0 Å². The highest BCUT2D eigenvalue weighted by Crippen LogP contribution is 2.28. The van der Waals surface area contributed by atoms with Crippen LogP contribution in [-0.4, -0.2) is 27.4 Å². The van der Waals surface area contributed by atoms with E-state index in [1.807, 2.05) is 0 Å². The predicted molar refractivity (Wildman–Crippen MR) is 79.4 cm³/mol. The molecular weight excluding hydrogens is 290 g/mol. The summed E-state index contributed by atoms with van der Waals surface area (Å²) in [4.78, 5) is 11.8. The Morgan fingerprint density at radius 2 is 2.33 bits per heavy atom. The third-order valence-electron chi connectivity index (χ3n) is 3.48. The van der Waals surface area contributed by atoms with E-state index in [1.54, 1.807) is 6.33 Å². The molecule has 0 amide bonds. The highest BCUT2D eigenvalue weighted by atomic mass is 79.9. The normalized spacial score (nSPS) is 21.3. The van der Waals surface area contributed by atoms with E-state index in [1.165, 1.54) is 25.0 Å². The van der Waals surface area contributed by atoms with Gasteiger partial charge in [-0.1, -0.05) is 36.2 Å². The zero-order valence-electron chi connectivity index (χ0n) is 11.3. The van der Waals surface area contributed by atoms with E-state index in [0.717, 1.165) is 25.2 Å². The van der Waals surface area contributed by atoms with Gasteiger partial charge in [0, 0.05) is 29.2 Å². The molecule has 2 heterocycles. The molecular formula is C14H22BrN3. The fourth-order valence-corrected chi connectivity index (χ4v) is 3.12. The van der Waals surface area contributed by atoms with E-state index in [2.05, 4.69) is 50.7 Å². The largest absolute Gasteiger partial charge is 0.353 e. The minimum Gasteiger partial charge on any atom is -0.353 e. The fourth-order valence-electron chi connectivity index (χ4n) is 2.69. The molecule has 0 N–H and O–H groups in total. The maximum absolute atomic E-state index is 4.46. The Morgan fingerprint density at radius 1 is 1.50 bits per heavy atom. The van der Waals surface area contributed by atoms with Gasteiger partial charge in [-0.3, -0.25) is 0 Å². The summed E-state index contributed by atoms with van der Waals surface area (Å²) in [5.41, 5.74) is 1.17. The molecule has 100 valence electrons. The van der Waals surface area contributed by atoms with Crippen LogP contribution in [0.25, 0.3) is 0 Å². The Morgan fingerprint density at radius 3 is 3.06 bits per heavy atom. The maximum Gasteiger partial charge on any atom is 0.132 e. The summed E-state index contributed by atoms with van der Waals surface area (Å²) in [7, 11) is 0. The van der Waals surface area contributed by atoms with Crippen molar-refractivity contribution in [1.82, 2.24) is 9.97 Å². The molecule has 1 aliphatic rings. The first-order valence-corrected chi connectivity index (χ1v) is 7.84. The van der Waals surface area contributed by atoms with E-state index in [-0.39, 0.29) is 0 Å². The van der Waals surface area contributed by atoms with Gasteiger partial charge in [0.05, 0.1) is 0 Å².